The van der Waals surface area contributed by atoms with Crippen LogP contribution in [0.15, 0.2) is 97.2 Å². The predicted molar refractivity (Wildman–Crippen MR) is 143 cm³/mol. The van der Waals surface area contributed by atoms with Crippen molar-refractivity contribution >= 4 is 11.7 Å². The molecule has 3 heterocycles. The quantitative estimate of drug-likeness (QED) is 0.312. The van der Waals surface area contributed by atoms with Crippen LogP contribution in [-0.2, 0) is 6.54 Å². The number of hydrogen-bond donors (Lipinski definition) is 1. The lowest BCUT2D eigenvalue weighted by atomic mass is 10.0. The molecule has 1 atom stereocenters. The molecule has 7 nitrogen and oxygen atoms in total. The van der Waals surface area contributed by atoms with Gasteiger partial charge in [0.25, 0.3) is 0 Å². The Kier molecular flexibility index (Phi) is 5.92. The number of fused-ring (bicyclic) bond motifs is 3. The Labute approximate surface area is 219 Å². The van der Waals surface area contributed by atoms with Gasteiger partial charge < -0.3 is 19.5 Å². The number of ether oxygens (including phenoxy) is 1. The monoisotopic (exact) mass is 507 g/mol. The maximum Gasteiger partial charge on any atom is 0.322 e. The molecule has 0 spiro atoms. The molecule has 0 radical (unpaired) electrons. The van der Waals surface area contributed by atoms with Crippen LogP contribution in [0.2, 0.25) is 0 Å². The summed E-state index contributed by atoms with van der Waals surface area (Å²) < 4.78 is 23.2. The van der Waals surface area contributed by atoms with E-state index in [1.165, 1.54) is 12.1 Å². The number of para-hydroxylation sites is 1. The van der Waals surface area contributed by atoms with E-state index in [0.717, 1.165) is 34.0 Å². The van der Waals surface area contributed by atoms with E-state index >= 15 is 0 Å². The van der Waals surface area contributed by atoms with Crippen molar-refractivity contribution in [3.63, 3.8) is 0 Å². The van der Waals surface area contributed by atoms with Crippen molar-refractivity contribution in [3.05, 3.63) is 126 Å². The molecule has 38 heavy (non-hydrogen) atoms. The van der Waals surface area contributed by atoms with E-state index in [0.29, 0.717) is 18.0 Å². The molecule has 2 aromatic heterocycles. The predicted octanol–water partition coefficient (Wildman–Crippen LogP) is 6.26. The van der Waals surface area contributed by atoms with E-state index in [-0.39, 0.29) is 11.8 Å². The molecule has 1 aliphatic heterocycles. The van der Waals surface area contributed by atoms with Crippen LogP contribution in [0.3, 0.4) is 0 Å². The number of aryl methyl sites for hydroxylation is 1. The van der Waals surface area contributed by atoms with Gasteiger partial charge in [-0.2, -0.15) is 5.10 Å². The smallest absolute Gasteiger partial charge is 0.322 e. The van der Waals surface area contributed by atoms with Crippen LogP contribution in [-0.4, -0.2) is 32.4 Å². The zero-order valence-electron chi connectivity index (χ0n) is 21.0. The maximum atomic E-state index is 13.9. The summed E-state index contributed by atoms with van der Waals surface area (Å²) in [7, 11) is 1.60. The van der Waals surface area contributed by atoms with Gasteiger partial charge in [0, 0.05) is 17.4 Å². The Bertz CT molecular complexity index is 1590. The lowest BCUT2D eigenvalue weighted by Gasteiger charge is -2.31. The highest BCUT2D eigenvalue weighted by atomic mass is 19.1. The second-order valence-corrected chi connectivity index (χ2v) is 9.18. The van der Waals surface area contributed by atoms with E-state index in [9.17, 15) is 9.18 Å². The summed E-state index contributed by atoms with van der Waals surface area (Å²) in [5.41, 5.74) is 5.00. The number of rotatable bonds is 4. The summed E-state index contributed by atoms with van der Waals surface area (Å²) in [6, 6.07) is 26.6. The second kappa shape index (κ2) is 9.55. The molecule has 0 saturated heterocycles. The van der Waals surface area contributed by atoms with E-state index in [2.05, 4.69) is 9.88 Å². The van der Waals surface area contributed by atoms with Crippen molar-refractivity contribution in [1.82, 2.24) is 19.2 Å². The van der Waals surface area contributed by atoms with Crippen molar-refractivity contribution in [2.45, 2.75) is 19.5 Å². The van der Waals surface area contributed by atoms with Crippen molar-refractivity contribution < 1.29 is 13.9 Å². The minimum Gasteiger partial charge on any atom is -0.497 e. The van der Waals surface area contributed by atoms with Crippen LogP contribution in [0.1, 0.15) is 28.6 Å². The first-order valence-corrected chi connectivity index (χ1v) is 12.3. The van der Waals surface area contributed by atoms with E-state index in [4.69, 9.17) is 9.84 Å². The molecule has 0 unspecified atom stereocenters. The number of halogens is 1. The molecule has 1 aliphatic rings. The van der Waals surface area contributed by atoms with Gasteiger partial charge in [-0.15, -0.1) is 0 Å². The molecule has 1 N–H and O–H groups in total. The molecule has 3 aromatic carbocycles. The normalized spacial score (nSPS) is 14.4. The number of methoxy groups -OCH3 is 1. The van der Waals surface area contributed by atoms with Crippen molar-refractivity contribution in [2.75, 3.05) is 12.4 Å². The fourth-order valence-corrected chi connectivity index (χ4v) is 5.01. The number of amides is 2. The lowest BCUT2D eigenvalue weighted by Crippen LogP contribution is -2.38. The zero-order chi connectivity index (χ0) is 26.2. The first kappa shape index (κ1) is 23.5. The largest absolute Gasteiger partial charge is 0.497 e. The number of aromatic nitrogens is 3. The van der Waals surface area contributed by atoms with Crippen LogP contribution in [0.4, 0.5) is 14.9 Å². The second-order valence-electron chi connectivity index (χ2n) is 9.18. The van der Waals surface area contributed by atoms with E-state index in [1.54, 1.807) is 48.4 Å². The molecule has 190 valence electrons. The number of anilines is 1. The van der Waals surface area contributed by atoms with Crippen LogP contribution in [0, 0.1) is 12.7 Å². The number of nitrogens with zero attached hydrogens (tertiary/aromatic N) is 4. The first-order chi connectivity index (χ1) is 18.5. The summed E-state index contributed by atoms with van der Waals surface area (Å²) in [4.78, 5) is 15.7. The standard InChI is InChI=1S/C30H26FN5O2/c1-20-26-19-35(30(37)32-23-14-16-25(38-2)17-15-23)28(21-10-12-22(31)13-11-21)27-9-6-18-34(27)29(26)36(33-20)24-7-4-3-5-8-24/h3-18,28H,19H2,1-2H3,(H,32,37)/t28-/m1/s1. The molecule has 5 aromatic rings. The van der Waals surface area contributed by atoms with Gasteiger partial charge in [0.1, 0.15) is 17.4 Å². The van der Waals surface area contributed by atoms with Gasteiger partial charge >= 0.3 is 6.03 Å². The Morgan fingerprint density at radius 2 is 1.71 bits per heavy atom. The third kappa shape index (κ3) is 4.10. The molecule has 2 amide bonds. The van der Waals surface area contributed by atoms with E-state index < -0.39 is 6.04 Å². The van der Waals surface area contributed by atoms with Gasteiger partial charge in [0.15, 0.2) is 0 Å². The maximum absolute atomic E-state index is 13.9. The summed E-state index contributed by atoms with van der Waals surface area (Å²) in [6.45, 7) is 2.26. The minimum absolute atomic E-state index is 0.281. The third-order valence-electron chi connectivity index (χ3n) is 6.87. The molecule has 0 aliphatic carbocycles. The molecule has 0 fully saturated rings. The van der Waals surface area contributed by atoms with Gasteiger partial charge in [-0.1, -0.05) is 30.3 Å². The van der Waals surface area contributed by atoms with Gasteiger partial charge in [-0.3, -0.25) is 0 Å². The fraction of sp³-hybridized carbons (Fsp3) is 0.133. The molecule has 6 rings (SSSR count). The van der Waals surface area contributed by atoms with Crippen LogP contribution < -0.4 is 10.1 Å². The molecule has 0 bridgehead atoms. The SMILES string of the molecule is COc1ccc(NC(=O)N2Cc3c(C)nn(-c4ccccc4)c3-n3cccc3[C@H]2c2ccc(F)cc2)cc1. The number of urea groups is 1. The van der Waals surface area contributed by atoms with E-state index in [1.807, 2.05) is 60.3 Å². The van der Waals surface area contributed by atoms with Crippen molar-refractivity contribution in [3.8, 4) is 17.3 Å². The Balaban J connectivity index is 1.50. The molecular formula is C30H26FN5O2. The van der Waals surface area contributed by atoms with Gasteiger partial charge in [0.05, 0.1) is 36.8 Å². The minimum atomic E-state index is -0.472. The average molecular weight is 508 g/mol. The van der Waals surface area contributed by atoms with Gasteiger partial charge in [0.2, 0.25) is 0 Å². The van der Waals surface area contributed by atoms with Gasteiger partial charge in [-0.05, 0) is 73.2 Å². The highest BCUT2D eigenvalue weighted by Gasteiger charge is 2.36. The molecular weight excluding hydrogens is 481 g/mol. The number of hydrogen-bond acceptors (Lipinski definition) is 3. The lowest BCUT2D eigenvalue weighted by molar-refractivity contribution is 0.194. The fourth-order valence-electron chi connectivity index (χ4n) is 5.01. The summed E-state index contributed by atoms with van der Waals surface area (Å²) in [5.74, 6) is 1.25. The van der Waals surface area contributed by atoms with Gasteiger partial charge in [-0.25, -0.2) is 13.9 Å². The zero-order valence-corrected chi connectivity index (χ0v) is 21.0. The first-order valence-electron chi connectivity index (χ1n) is 12.3. The highest BCUT2D eigenvalue weighted by Crippen LogP contribution is 2.38. The van der Waals surface area contributed by atoms with Crippen molar-refractivity contribution in [2.24, 2.45) is 0 Å². The number of benzene rings is 3. The Morgan fingerprint density at radius 3 is 2.42 bits per heavy atom. The average Bonchev–Trinajstić information content (AvgIpc) is 3.50. The summed E-state index contributed by atoms with van der Waals surface area (Å²) in [6.07, 6.45) is 1.98. The molecule has 0 saturated carbocycles. The third-order valence-corrected chi connectivity index (χ3v) is 6.87. The summed E-state index contributed by atoms with van der Waals surface area (Å²) in [5, 5.41) is 7.90. The van der Waals surface area contributed by atoms with Crippen LogP contribution in [0.25, 0.3) is 11.5 Å². The van der Waals surface area contributed by atoms with Crippen LogP contribution in [0.5, 0.6) is 5.75 Å². The number of nitrogens with one attached hydrogen (secondary N) is 1. The summed E-state index contributed by atoms with van der Waals surface area (Å²) >= 11 is 0. The topological polar surface area (TPSA) is 64.3 Å². The van der Waals surface area contributed by atoms with Crippen molar-refractivity contribution in [1.29, 1.82) is 0 Å². The Hall–Kier alpha value is -4.85. The Morgan fingerprint density at radius 1 is 0.974 bits per heavy atom. The molecule has 8 heteroatoms. The van der Waals surface area contributed by atoms with Crippen LogP contribution >= 0.6 is 0 Å². The number of carbonyl (C=O) groups is 1. The highest BCUT2D eigenvalue weighted by molar-refractivity contribution is 5.90. The number of carbonyl (C=O) groups excluding carboxylic acids is 1.